The van der Waals surface area contributed by atoms with E-state index < -0.39 is 27.1 Å². The normalized spacial score (nSPS) is 12.2. The first-order valence-corrected chi connectivity index (χ1v) is 6.59. The van der Waals surface area contributed by atoms with E-state index in [0.29, 0.717) is 0 Å². The Morgan fingerprint density at radius 2 is 2.00 bits per heavy atom. The number of carbonyl (C=O) groups is 1. The van der Waals surface area contributed by atoms with Crippen molar-refractivity contribution in [3.8, 4) is 11.5 Å². The quantitative estimate of drug-likeness (QED) is 0.356. The number of esters is 1. The maximum absolute atomic E-state index is 12.8. The number of carbonyl (C=O) groups excluding carboxylic acids is 1. The van der Waals surface area contributed by atoms with Gasteiger partial charge in [-0.1, -0.05) is 6.07 Å². The van der Waals surface area contributed by atoms with Crippen LogP contribution >= 0.6 is 22.6 Å². The van der Waals surface area contributed by atoms with Crippen molar-refractivity contribution in [2.75, 3.05) is 0 Å². The van der Waals surface area contributed by atoms with Crippen molar-refractivity contribution in [2.45, 2.75) is 5.25 Å². The highest BCUT2D eigenvalue weighted by atomic mass is 127. The van der Waals surface area contributed by atoms with Gasteiger partial charge in [-0.2, -0.15) is 8.78 Å². The number of hydrogen-bond acceptors (Lipinski definition) is 6. The zero-order valence-corrected chi connectivity index (χ0v) is 11.2. The van der Waals surface area contributed by atoms with Crippen LogP contribution in [-0.4, -0.2) is 29.3 Å². The predicted octanol–water partition coefficient (Wildman–Crippen LogP) is 1.04. The van der Waals surface area contributed by atoms with E-state index in [4.69, 9.17) is 0 Å². The monoisotopic (exact) mass is 393 g/mol. The molecule has 1 N–H and O–H groups in total. The van der Waals surface area contributed by atoms with Gasteiger partial charge in [0, 0.05) is 0 Å². The SMILES string of the molecule is O=C(Oc1cccc(O)c1I)C(F)(F)S(=O)(=O)[O-]. The minimum Gasteiger partial charge on any atom is -0.743 e. The largest absolute Gasteiger partial charge is 0.743 e. The third-order valence-electron chi connectivity index (χ3n) is 1.70. The number of rotatable bonds is 3. The summed E-state index contributed by atoms with van der Waals surface area (Å²) >= 11 is 1.49. The molecule has 0 unspecified atom stereocenters. The standard InChI is InChI=1S/C8H5F2IO6S/c9-8(10,18(14,15)16)7(13)17-5-3-1-2-4(12)6(5)11/h1-3,12H,(H,14,15,16)/p-1. The van der Waals surface area contributed by atoms with Gasteiger partial charge in [-0.3, -0.25) is 0 Å². The lowest BCUT2D eigenvalue weighted by Gasteiger charge is -2.18. The molecule has 18 heavy (non-hydrogen) atoms. The van der Waals surface area contributed by atoms with Gasteiger partial charge in [0.2, 0.25) is 0 Å². The molecular formula is C8H4F2IO6S-. The van der Waals surface area contributed by atoms with Gasteiger partial charge in [0.1, 0.15) is 11.5 Å². The Morgan fingerprint density at radius 3 is 2.50 bits per heavy atom. The molecule has 0 fully saturated rings. The molecule has 100 valence electrons. The minimum atomic E-state index is -6.17. The van der Waals surface area contributed by atoms with Gasteiger partial charge in [0.15, 0.2) is 10.1 Å². The molecule has 1 aromatic carbocycles. The van der Waals surface area contributed by atoms with Crippen molar-refractivity contribution in [1.29, 1.82) is 0 Å². The van der Waals surface area contributed by atoms with Crippen LogP contribution < -0.4 is 4.74 Å². The molecule has 0 aliphatic carbocycles. The summed E-state index contributed by atoms with van der Waals surface area (Å²) in [6, 6.07) is 3.43. The minimum absolute atomic E-state index is 0.0810. The Hall–Kier alpha value is -1.01. The molecule has 1 rings (SSSR count). The molecule has 6 nitrogen and oxygen atoms in total. The fourth-order valence-electron chi connectivity index (χ4n) is 0.839. The molecule has 0 atom stereocenters. The molecule has 0 aliphatic rings. The lowest BCUT2D eigenvalue weighted by atomic mass is 10.3. The van der Waals surface area contributed by atoms with Crippen LogP contribution in [0.5, 0.6) is 11.5 Å². The molecular weight excluding hydrogens is 389 g/mol. The van der Waals surface area contributed by atoms with E-state index in [-0.39, 0.29) is 9.32 Å². The maximum Gasteiger partial charge on any atom is 0.429 e. The summed E-state index contributed by atoms with van der Waals surface area (Å²) in [6.07, 6.45) is 0. The summed E-state index contributed by atoms with van der Waals surface area (Å²) in [4.78, 5) is 10.9. The summed E-state index contributed by atoms with van der Waals surface area (Å²) in [7, 11) is -6.17. The molecule has 0 saturated heterocycles. The van der Waals surface area contributed by atoms with E-state index in [0.717, 1.165) is 6.07 Å². The average Bonchev–Trinajstić information content (AvgIpc) is 2.23. The smallest absolute Gasteiger partial charge is 0.429 e. The summed E-state index contributed by atoms with van der Waals surface area (Å²) in [6.45, 7) is 0. The third kappa shape index (κ3) is 2.87. The summed E-state index contributed by atoms with van der Waals surface area (Å²) < 4.78 is 60.1. The van der Waals surface area contributed by atoms with E-state index in [2.05, 4.69) is 4.74 Å². The van der Waals surface area contributed by atoms with Gasteiger partial charge >= 0.3 is 11.2 Å². The van der Waals surface area contributed by atoms with Crippen molar-refractivity contribution in [1.82, 2.24) is 0 Å². The van der Waals surface area contributed by atoms with Gasteiger partial charge in [-0.15, -0.1) is 0 Å². The molecule has 0 bridgehead atoms. The van der Waals surface area contributed by atoms with E-state index in [1.165, 1.54) is 34.7 Å². The molecule has 0 aromatic heterocycles. The zero-order valence-electron chi connectivity index (χ0n) is 8.26. The van der Waals surface area contributed by atoms with E-state index in [1.807, 2.05) is 0 Å². The Balaban J connectivity index is 3.06. The molecule has 1 aromatic rings. The number of alkyl halides is 2. The zero-order chi connectivity index (χ0) is 14.1. The van der Waals surface area contributed by atoms with Crippen molar-refractivity contribution in [3.63, 3.8) is 0 Å². The lowest BCUT2D eigenvalue weighted by molar-refractivity contribution is -0.151. The predicted molar refractivity (Wildman–Crippen MR) is 61.1 cm³/mol. The second-order valence-corrected chi connectivity index (χ2v) is 5.45. The van der Waals surface area contributed by atoms with Gasteiger partial charge in [0.05, 0.1) is 3.57 Å². The first kappa shape index (κ1) is 15.0. The molecule has 0 aliphatic heterocycles. The van der Waals surface area contributed by atoms with Crippen LogP contribution in [0.15, 0.2) is 18.2 Å². The van der Waals surface area contributed by atoms with Gasteiger partial charge < -0.3 is 14.4 Å². The number of phenolic OH excluding ortho intramolecular Hbond substituents is 1. The molecule has 0 saturated carbocycles. The number of aromatic hydroxyl groups is 1. The third-order valence-corrected chi connectivity index (χ3v) is 3.58. The van der Waals surface area contributed by atoms with Crippen LogP contribution in [0.1, 0.15) is 0 Å². The van der Waals surface area contributed by atoms with E-state index >= 15 is 0 Å². The van der Waals surface area contributed by atoms with Gasteiger partial charge in [-0.05, 0) is 34.7 Å². The molecule has 0 heterocycles. The van der Waals surface area contributed by atoms with Gasteiger partial charge in [-0.25, -0.2) is 13.2 Å². The van der Waals surface area contributed by atoms with Crippen LogP contribution in [0.3, 0.4) is 0 Å². The van der Waals surface area contributed by atoms with Crippen LogP contribution in [0.2, 0.25) is 0 Å². The van der Waals surface area contributed by atoms with Crippen molar-refractivity contribution in [2.24, 2.45) is 0 Å². The number of halogens is 3. The highest BCUT2D eigenvalue weighted by Gasteiger charge is 2.49. The number of phenols is 1. The van der Waals surface area contributed by atoms with Crippen LogP contribution in [0, 0.1) is 3.57 Å². The summed E-state index contributed by atoms with van der Waals surface area (Å²) in [5.74, 6) is -3.36. The molecule has 0 amide bonds. The number of benzene rings is 1. The Bertz CT molecular complexity index is 585. The fraction of sp³-hybridized carbons (Fsp3) is 0.125. The maximum atomic E-state index is 12.8. The molecule has 0 radical (unpaired) electrons. The topological polar surface area (TPSA) is 104 Å². The Morgan fingerprint density at radius 1 is 1.44 bits per heavy atom. The average molecular weight is 393 g/mol. The molecule has 10 heteroatoms. The van der Waals surface area contributed by atoms with Crippen molar-refractivity contribution < 1.29 is 36.4 Å². The Kier molecular flexibility index (Phi) is 4.12. The van der Waals surface area contributed by atoms with Crippen molar-refractivity contribution >= 4 is 38.7 Å². The first-order chi connectivity index (χ1) is 8.07. The number of hydrogen-bond donors (Lipinski definition) is 1. The highest BCUT2D eigenvalue weighted by Crippen LogP contribution is 2.31. The second kappa shape index (κ2) is 4.93. The highest BCUT2D eigenvalue weighted by molar-refractivity contribution is 14.1. The van der Waals surface area contributed by atoms with Crippen LogP contribution in [0.25, 0.3) is 0 Å². The van der Waals surface area contributed by atoms with Crippen molar-refractivity contribution in [3.05, 3.63) is 21.8 Å². The van der Waals surface area contributed by atoms with E-state index in [1.54, 1.807) is 0 Å². The fourth-order valence-corrected chi connectivity index (χ4v) is 1.55. The second-order valence-electron chi connectivity index (χ2n) is 2.95. The van der Waals surface area contributed by atoms with Gasteiger partial charge in [0.25, 0.3) is 0 Å². The Labute approximate surface area is 113 Å². The number of ether oxygens (including phenoxy) is 1. The summed E-state index contributed by atoms with van der Waals surface area (Å²) in [5.41, 5.74) is 0. The lowest BCUT2D eigenvalue weighted by Crippen LogP contribution is -2.40. The molecule has 0 spiro atoms. The van der Waals surface area contributed by atoms with Crippen LogP contribution in [0.4, 0.5) is 8.78 Å². The summed E-state index contributed by atoms with van der Waals surface area (Å²) in [5, 5.41) is 4.02. The van der Waals surface area contributed by atoms with Crippen LogP contribution in [-0.2, 0) is 14.9 Å². The first-order valence-electron chi connectivity index (χ1n) is 4.10. The van der Waals surface area contributed by atoms with E-state index in [9.17, 15) is 31.7 Å².